The molecule has 0 aliphatic carbocycles. The lowest BCUT2D eigenvalue weighted by molar-refractivity contribution is 0.102. The molecule has 3 aromatic rings. The van der Waals surface area contributed by atoms with Gasteiger partial charge in [0.05, 0.1) is 16.9 Å². The van der Waals surface area contributed by atoms with E-state index in [1.807, 2.05) is 6.07 Å². The first-order valence-electron chi connectivity index (χ1n) is 8.01. The lowest BCUT2D eigenvalue weighted by Gasteiger charge is -2.09. The van der Waals surface area contributed by atoms with Gasteiger partial charge in [0.1, 0.15) is 23.4 Å². The molecule has 0 bridgehead atoms. The van der Waals surface area contributed by atoms with E-state index >= 15 is 0 Å². The molecule has 3 rings (SSSR count). The Morgan fingerprint density at radius 3 is 2.43 bits per heavy atom. The Hall–Kier alpha value is -4.12. The van der Waals surface area contributed by atoms with Crippen molar-refractivity contribution in [3.8, 4) is 6.07 Å². The van der Waals surface area contributed by atoms with Crippen molar-refractivity contribution in [1.82, 2.24) is 4.98 Å². The zero-order valence-electron chi connectivity index (χ0n) is 14.2. The second kappa shape index (κ2) is 8.05. The summed E-state index contributed by atoms with van der Waals surface area (Å²) in [7, 11) is 0. The molecule has 6 nitrogen and oxygen atoms in total. The normalized spacial score (nSPS) is 10.0. The van der Waals surface area contributed by atoms with Gasteiger partial charge in [-0.3, -0.25) is 14.6 Å². The summed E-state index contributed by atoms with van der Waals surface area (Å²) in [5.41, 5.74) is 0.367. The SMILES string of the molecule is N#Cc1ccccc1NC(=O)c1cc(C(=O)Nc2ccc(F)cc2F)ccn1. The Morgan fingerprint density at radius 2 is 1.68 bits per heavy atom. The van der Waals surface area contributed by atoms with E-state index in [1.165, 1.54) is 18.3 Å². The number of amides is 2. The zero-order valence-corrected chi connectivity index (χ0v) is 14.2. The summed E-state index contributed by atoms with van der Waals surface area (Å²) in [5, 5.41) is 13.9. The lowest BCUT2D eigenvalue weighted by atomic mass is 10.1. The summed E-state index contributed by atoms with van der Waals surface area (Å²) < 4.78 is 26.6. The van der Waals surface area contributed by atoms with Gasteiger partial charge in [0.15, 0.2) is 0 Å². The molecule has 0 saturated heterocycles. The maximum atomic E-state index is 13.7. The number of nitrogens with one attached hydrogen (secondary N) is 2. The molecule has 0 radical (unpaired) electrons. The van der Waals surface area contributed by atoms with Crippen molar-refractivity contribution in [3.63, 3.8) is 0 Å². The third-order valence-electron chi connectivity index (χ3n) is 3.73. The van der Waals surface area contributed by atoms with E-state index in [9.17, 15) is 18.4 Å². The Labute approximate surface area is 158 Å². The number of aromatic nitrogens is 1. The van der Waals surface area contributed by atoms with Gasteiger partial charge < -0.3 is 10.6 Å². The summed E-state index contributed by atoms with van der Waals surface area (Å²) in [6, 6.07) is 13.7. The number of hydrogen-bond acceptors (Lipinski definition) is 4. The molecule has 0 saturated carbocycles. The van der Waals surface area contributed by atoms with Crippen molar-refractivity contribution >= 4 is 23.2 Å². The molecular formula is C20H12F2N4O2. The Balaban J connectivity index is 1.78. The maximum absolute atomic E-state index is 13.7. The number of carbonyl (C=O) groups is 2. The molecule has 0 aliphatic heterocycles. The fourth-order valence-corrected chi connectivity index (χ4v) is 2.36. The highest BCUT2D eigenvalue weighted by atomic mass is 19.1. The predicted molar refractivity (Wildman–Crippen MR) is 97.7 cm³/mol. The van der Waals surface area contributed by atoms with E-state index in [0.29, 0.717) is 11.8 Å². The minimum atomic E-state index is -0.923. The number of anilines is 2. The Bertz CT molecular complexity index is 1110. The largest absolute Gasteiger partial charge is 0.319 e. The minimum Gasteiger partial charge on any atom is -0.319 e. The summed E-state index contributed by atoms with van der Waals surface area (Å²) in [6.07, 6.45) is 1.25. The number of pyridine rings is 1. The highest BCUT2D eigenvalue weighted by molar-refractivity contribution is 6.08. The van der Waals surface area contributed by atoms with Gasteiger partial charge in [-0.05, 0) is 36.4 Å². The van der Waals surface area contributed by atoms with Gasteiger partial charge in [0, 0.05) is 17.8 Å². The van der Waals surface area contributed by atoms with Crippen LogP contribution in [0.2, 0.25) is 0 Å². The van der Waals surface area contributed by atoms with Gasteiger partial charge in [0.2, 0.25) is 0 Å². The van der Waals surface area contributed by atoms with Crippen LogP contribution in [0.4, 0.5) is 20.2 Å². The number of hydrogen-bond donors (Lipinski definition) is 2. The number of halogens is 2. The molecule has 2 amide bonds. The first kappa shape index (κ1) is 18.7. The molecule has 0 spiro atoms. The third-order valence-corrected chi connectivity index (χ3v) is 3.73. The third kappa shape index (κ3) is 4.16. The van der Waals surface area contributed by atoms with E-state index in [-0.39, 0.29) is 22.5 Å². The van der Waals surface area contributed by atoms with Crippen LogP contribution in [0, 0.1) is 23.0 Å². The molecule has 0 atom stereocenters. The number of para-hydroxylation sites is 1. The van der Waals surface area contributed by atoms with Crippen molar-refractivity contribution < 1.29 is 18.4 Å². The van der Waals surface area contributed by atoms with E-state index < -0.39 is 23.4 Å². The van der Waals surface area contributed by atoms with E-state index in [2.05, 4.69) is 15.6 Å². The highest BCUT2D eigenvalue weighted by Crippen LogP contribution is 2.17. The van der Waals surface area contributed by atoms with E-state index in [4.69, 9.17) is 5.26 Å². The number of nitrogens with zero attached hydrogens (tertiary/aromatic N) is 2. The quantitative estimate of drug-likeness (QED) is 0.723. The van der Waals surface area contributed by atoms with Crippen LogP contribution in [0.15, 0.2) is 60.8 Å². The summed E-state index contributed by atoms with van der Waals surface area (Å²) in [5.74, 6) is -3.01. The first-order chi connectivity index (χ1) is 13.5. The van der Waals surface area contributed by atoms with Crippen molar-refractivity contribution in [3.05, 3.63) is 89.2 Å². The predicted octanol–water partition coefficient (Wildman–Crippen LogP) is 3.74. The maximum Gasteiger partial charge on any atom is 0.274 e. The fourth-order valence-electron chi connectivity index (χ4n) is 2.36. The molecule has 1 aromatic heterocycles. The van der Waals surface area contributed by atoms with Crippen molar-refractivity contribution in [1.29, 1.82) is 5.26 Å². The monoisotopic (exact) mass is 378 g/mol. The van der Waals surface area contributed by atoms with Gasteiger partial charge in [-0.15, -0.1) is 0 Å². The van der Waals surface area contributed by atoms with Crippen LogP contribution in [0.25, 0.3) is 0 Å². The zero-order chi connectivity index (χ0) is 20.1. The highest BCUT2D eigenvalue weighted by Gasteiger charge is 2.15. The van der Waals surface area contributed by atoms with Gasteiger partial charge >= 0.3 is 0 Å². The molecule has 8 heteroatoms. The van der Waals surface area contributed by atoms with Crippen molar-refractivity contribution in [2.24, 2.45) is 0 Å². The standard InChI is InChI=1S/C20H12F2N4O2/c21-14-5-6-17(15(22)10-14)26-19(27)12-7-8-24-18(9-12)20(28)25-16-4-2-1-3-13(16)11-23/h1-10H,(H,25,28)(H,26,27). The first-order valence-corrected chi connectivity index (χ1v) is 8.01. The van der Waals surface area contributed by atoms with Crippen LogP contribution >= 0.6 is 0 Å². The molecule has 2 aromatic carbocycles. The number of benzene rings is 2. The van der Waals surface area contributed by atoms with Crippen molar-refractivity contribution in [2.45, 2.75) is 0 Å². The van der Waals surface area contributed by atoms with Crippen LogP contribution in [-0.4, -0.2) is 16.8 Å². The topological polar surface area (TPSA) is 94.9 Å². The number of carbonyl (C=O) groups excluding carboxylic acids is 2. The molecule has 1 heterocycles. The Kier molecular flexibility index (Phi) is 5.37. The van der Waals surface area contributed by atoms with Crippen LogP contribution in [-0.2, 0) is 0 Å². The van der Waals surface area contributed by atoms with Crippen LogP contribution in [0.5, 0.6) is 0 Å². The fraction of sp³-hybridized carbons (Fsp3) is 0. The Morgan fingerprint density at radius 1 is 0.929 bits per heavy atom. The molecule has 2 N–H and O–H groups in total. The lowest BCUT2D eigenvalue weighted by Crippen LogP contribution is -2.17. The van der Waals surface area contributed by atoms with Crippen LogP contribution in [0.3, 0.4) is 0 Å². The summed E-state index contributed by atoms with van der Waals surface area (Å²) >= 11 is 0. The molecule has 0 aliphatic rings. The second-order valence-electron chi connectivity index (χ2n) is 5.62. The van der Waals surface area contributed by atoms with Gasteiger partial charge in [-0.25, -0.2) is 8.78 Å². The number of rotatable bonds is 4. The van der Waals surface area contributed by atoms with Crippen molar-refractivity contribution in [2.75, 3.05) is 10.6 Å². The second-order valence-corrected chi connectivity index (χ2v) is 5.62. The average Bonchev–Trinajstić information content (AvgIpc) is 2.70. The smallest absolute Gasteiger partial charge is 0.274 e. The molecule has 28 heavy (non-hydrogen) atoms. The van der Waals surface area contributed by atoms with E-state index in [0.717, 1.165) is 12.1 Å². The van der Waals surface area contributed by atoms with Gasteiger partial charge in [-0.2, -0.15) is 5.26 Å². The minimum absolute atomic E-state index is 0.0532. The summed E-state index contributed by atoms with van der Waals surface area (Å²) in [4.78, 5) is 28.6. The summed E-state index contributed by atoms with van der Waals surface area (Å²) in [6.45, 7) is 0. The molecular weight excluding hydrogens is 366 g/mol. The average molecular weight is 378 g/mol. The van der Waals surface area contributed by atoms with Gasteiger partial charge in [0.25, 0.3) is 11.8 Å². The molecule has 138 valence electrons. The number of nitriles is 1. The van der Waals surface area contributed by atoms with Crippen LogP contribution in [0.1, 0.15) is 26.4 Å². The molecule has 0 fully saturated rings. The van der Waals surface area contributed by atoms with Crippen LogP contribution < -0.4 is 10.6 Å². The van der Waals surface area contributed by atoms with E-state index in [1.54, 1.807) is 24.3 Å². The van der Waals surface area contributed by atoms with Gasteiger partial charge in [-0.1, -0.05) is 12.1 Å². The molecule has 0 unspecified atom stereocenters.